The first-order valence-electron chi connectivity index (χ1n) is 9.37. The fourth-order valence-electron chi connectivity index (χ4n) is 6.64. The van der Waals surface area contributed by atoms with Crippen LogP contribution >= 0.6 is 0 Å². The summed E-state index contributed by atoms with van der Waals surface area (Å²) >= 11 is 0. The topological polar surface area (TPSA) is 41.1 Å². The van der Waals surface area contributed by atoms with E-state index in [-0.39, 0.29) is 16.9 Å². The van der Waals surface area contributed by atoms with Crippen molar-refractivity contribution in [3.05, 3.63) is 0 Å². The van der Waals surface area contributed by atoms with Gasteiger partial charge in [0, 0.05) is 12.1 Å². The molecule has 6 atom stereocenters. The van der Waals surface area contributed by atoms with Crippen LogP contribution in [0, 0.1) is 34.5 Å². The van der Waals surface area contributed by atoms with E-state index in [1.807, 2.05) is 0 Å². The number of hydrogen-bond acceptors (Lipinski definition) is 1. The number of nitrogens with one attached hydrogen (secondary N) is 2. The van der Waals surface area contributed by atoms with Crippen LogP contribution in [0.25, 0.3) is 0 Å². The van der Waals surface area contributed by atoms with Crippen molar-refractivity contribution in [3.8, 4) is 0 Å². The number of amides is 2. The maximum Gasteiger partial charge on any atom is 0.315 e. The standard InChI is InChI=1S/C19H32N2O/c1-18(2)13-7-5-11(9-13)15(18)20-17(22)21-16-12-6-8-14(10-12)19(16,3)4/h11-16H,5-10H2,1-4H3,(H2,20,21,22). The number of rotatable bonds is 2. The highest BCUT2D eigenvalue weighted by atomic mass is 16.2. The number of carbonyl (C=O) groups is 1. The van der Waals surface area contributed by atoms with Crippen LogP contribution in [0.1, 0.15) is 66.2 Å². The Balaban J connectivity index is 1.41. The lowest BCUT2D eigenvalue weighted by atomic mass is 9.72. The molecule has 0 aromatic heterocycles. The van der Waals surface area contributed by atoms with E-state index < -0.39 is 0 Å². The fraction of sp³-hybridized carbons (Fsp3) is 0.947. The molecule has 0 spiro atoms. The number of fused-ring (bicyclic) bond motifs is 4. The molecule has 0 aromatic rings. The molecular formula is C19H32N2O. The van der Waals surface area contributed by atoms with Crippen LogP contribution in [0.4, 0.5) is 4.79 Å². The summed E-state index contributed by atoms with van der Waals surface area (Å²) in [5.41, 5.74) is 0.537. The lowest BCUT2D eigenvalue weighted by molar-refractivity contribution is 0.134. The van der Waals surface area contributed by atoms with Gasteiger partial charge in [-0.15, -0.1) is 0 Å². The normalized spacial score (nSPS) is 46.9. The van der Waals surface area contributed by atoms with Gasteiger partial charge in [0.2, 0.25) is 0 Å². The molecule has 0 heterocycles. The van der Waals surface area contributed by atoms with Crippen molar-refractivity contribution in [3.63, 3.8) is 0 Å². The monoisotopic (exact) mass is 304 g/mol. The molecule has 0 radical (unpaired) electrons. The minimum Gasteiger partial charge on any atom is -0.335 e. The maximum absolute atomic E-state index is 12.7. The molecule has 2 N–H and O–H groups in total. The van der Waals surface area contributed by atoms with Crippen LogP contribution in [-0.4, -0.2) is 18.1 Å². The summed E-state index contributed by atoms with van der Waals surface area (Å²) in [6.45, 7) is 9.40. The van der Waals surface area contributed by atoms with Gasteiger partial charge < -0.3 is 10.6 Å². The Bertz CT molecular complexity index is 442. The molecule has 3 heteroatoms. The van der Waals surface area contributed by atoms with Crippen LogP contribution in [-0.2, 0) is 0 Å². The Morgan fingerprint density at radius 1 is 0.773 bits per heavy atom. The third kappa shape index (κ3) is 1.96. The van der Waals surface area contributed by atoms with Gasteiger partial charge in [0.05, 0.1) is 0 Å². The molecule has 4 fully saturated rings. The zero-order valence-corrected chi connectivity index (χ0v) is 14.6. The highest BCUT2D eigenvalue weighted by Gasteiger charge is 2.55. The zero-order chi connectivity index (χ0) is 15.7. The molecule has 0 aliphatic heterocycles. The molecule has 0 saturated heterocycles. The van der Waals surface area contributed by atoms with Crippen molar-refractivity contribution in [1.82, 2.24) is 10.6 Å². The molecule has 3 nitrogen and oxygen atoms in total. The fourth-order valence-corrected chi connectivity index (χ4v) is 6.64. The highest BCUT2D eigenvalue weighted by Crippen LogP contribution is 2.56. The van der Waals surface area contributed by atoms with Gasteiger partial charge >= 0.3 is 6.03 Å². The van der Waals surface area contributed by atoms with Gasteiger partial charge in [-0.25, -0.2) is 4.79 Å². The largest absolute Gasteiger partial charge is 0.335 e. The molecule has 4 rings (SSSR count). The summed E-state index contributed by atoms with van der Waals surface area (Å²) in [7, 11) is 0. The van der Waals surface area contributed by atoms with Crippen LogP contribution in [0.2, 0.25) is 0 Å². The first-order chi connectivity index (χ1) is 10.3. The molecular weight excluding hydrogens is 272 g/mol. The second kappa shape index (κ2) is 4.64. The molecule has 2 amide bonds. The molecule has 4 aliphatic carbocycles. The SMILES string of the molecule is CC1(C)C2CCC(C2)C1NC(=O)NC1C2CCC(C2)C1(C)C. The Labute approximate surface area is 135 Å². The van der Waals surface area contributed by atoms with Crippen molar-refractivity contribution in [2.45, 2.75) is 78.3 Å². The lowest BCUT2D eigenvalue weighted by Gasteiger charge is -2.41. The van der Waals surface area contributed by atoms with Gasteiger partial charge in [0.15, 0.2) is 0 Å². The van der Waals surface area contributed by atoms with E-state index in [4.69, 9.17) is 0 Å². The molecule has 4 saturated carbocycles. The van der Waals surface area contributed by atoms with Gasteiger partial charge in [-0.3, -0.25) is 0 Å². The van der Waals surface area contributed by atoms with Gasteiger partial charge in [0.1, 0.15) is 0 Å². The van der Waals surface area contributed by atoms with Crippen LogP contribution in [0.15, 0.2) is 0 Å². The average molecular weight is 304 g/mol. The minimum absolute atomic E-state index is 0.0938. The van der Waals surface area contributed by atoms with Crippen LogP contribution in [0.5, 0.6) is 0 Å². The summed E-state index contributed by atoms with van der Waals surface area (Å²) < 4.78 is 0. The Morgan fingerprint density at radius 2 is 1.18 bits per heavy atom. The summed E-state index contributed by atoms with van der Waals surface area (Å²) in [6, 6.07) is 0.831. The van der Waals surface area contributed by atoms with E-state index >= 15 is 0 Å². The molecule has 6 unspecified atom stereocenters. The van der Waals surface area contributed by atoms with Crippen molar-refractivity contribution in [2.75, 3.05) is 0 Å². The predicted molar refractivity (Wildman–Crippen MR) is 88.5 cm³/mol. The van der Waals surface area contributed by atoms with Gasteiger partial charge in [-0.05, 0) is 73.0 Å². The van der Waals surface area contributed by atoms with E-state index in [0.29, 0.717) is 23.9 Å². The predicted octanol–water partition coefficient (Wildman–Crippen LogP) is 3.94. The smallest absolute Gasteiger partial charge is 0.315 e. The van der Waals surface area contributed by atoms with E-state index in [0.717, 1.165) is 11.8 Å². The van der Waals surface area contributed by atoms with Crippen molar-refractivity contribution >= 4 is 6.03 Å². The Morgan fingerprint density at radius 3 is 1.50 bits per heavy atom. The zero-order valence-electron chi connectivity index (χ0n) is 14.6. The quantitative estimate of drug-likeness (QED) is 0.797. The molecule has 4 bridgehead atoms. The average Bonchev–Trinajstić information content (AvgIpc) is 3.15. The molecule has 0 aromatic carbocycles. The second-order valence-electron chi connectivity index (χ2n) is 9.76. The summed E-state index contributed by atoms with van der Waals surface area (Å²) in [5.74, 6) is 3.03. The maximum atomic E-state index is 12.7. The first kappa shape index (κ1) is 14.8. The van der Waals surface area contributed by atoms with Gasteiger partial charge in [-0.2, -0.15) is 0 Å². The third-order valence-corrected chi connectivity index (χ3v) is 8.17. The van der Waals surface area contributed by atoms with Crippen molar-refractivity contribution < 1.29 is 4.79 Å². The molecule has 124 valence electrons. The van der Waals surface area contributed by atoms with Crippen molar-refractivity contribution in [2.24, 2.45) is 34.5 Å². The number of carbonyl (C=O) groups excluding carboxylic acids is 1. The van der Waals surface area contributed by atoms with Crippen LogP contribution < -0.4 is 10.6 Å². The Kier molecular flexibility index (Phi) is 3.13. The highest BCUT2D eigenvalue weighted by molar-refractivity contribution is 5.75. The summed E-state index contributed by atoms with van der Waals surface area (Å²) in [4.78, 5) is 12.7. The lowest BCUT2D eigenvalue weighted by Crippen LogP contribution is -2.56. The second-order valence-corrected chi connectivity index (χ2v) is 9.76. The summed E-state index contributed by atoms with van der Waals surface area (Å²) in [5, 5.41) is 6.75. The number of hydrogen-bond donors (Lipinski definition) is 2. The van der Waals surface area contributed by atoms with Gasteiger partial charge in [-0.1, -0.05) is 27.7 Å². The molecule has 4 aliphatic rings. The van der Waals surface area contributed by atoms with Crippen LogP contribution in [0.3, 0.4) is 0 Å². The van der Waals surface area contributed by atoms with E-state index in [1.54, 1.807) is 0 Å². The third-order valence-electron chi connectivity index (χ3n) is 8.17. The van der Waals surface area contributed by atoms with E-state index in [2.05, 4.69) is 38.3 Å². The van der Waals surface area contributed by atoms with E-state index in [9.17, 15) is 4.79 Å². The Hall–Kier alpha value is -0.730. The van der Waals surface area contributed by atoms with E-state index in [1.165, 1.54) is 38.5 Å². The summed E-state index contributed by atoms with van der Waals surface area (Å²) in [6.07, 6.45) is 7.96. The molecule has 22 heavy (non-hydrogen) atoms. The first-order valence-corrected chi connectivity index (χ1v) is 9.37. The van der Waals surface area contributed by atoms with Gasteiger partial charge in [0.25, 0.3) is 0 Å². The number of urea groups is 1. The minimum atomic E-state index is 0.0938. The van der Waals surface area contributed by atoms with Crippen molar-refractivity contribution in [1.29, 1.82) is 0 Å².